The van der Waals surface area contributed by atoms with Crippen LogP contribution in [-0.4, -0.2) is 46.9 Å². The number of ether oxygens (including phenoxy) is 1. The van der Waals surface area contributed by atoms with Gasteiger partial charge in [0.25, 0.3) is 0 Å². The molecule has 0 rings (SSSR count). The van der Waals surface area contributed by atoms with Gasteiger partial charge in [-0.1, -0.05) is 241 Å². The van der Waals surface area contributed by atoms with Crippen LogP contribution in [0, 0.1) is 0 Å². The van der Waals surface area contributed by atoms with E-state index in [1.165, 1.54) is 135 Å². The summed E-state index contributed by atoms with van der Waals surface area (Å²) < 4.78 is 5.87. The number of esters is 1. The minimum absolute atomic E-state index is 0.00653. The van der Waals surface area contributed by atoms with E-state index in [0.717, 1.165) is 77.0 Å². The SMILES string of the molecule is CCCCC/C=C\C/C=C\C/C=C\C/C=C\CC(CC(=O)NC(CO)C(O)CCCCCCCCCCCCCC)OC(=O)CCCCCCC/C=C/C=C/CCCCCCCCC. The molecule has 3 N–H and O–H groups in total. The van der Waals surface area contributed by atoms with Crippen LogP contribution in [0.1, 0.15) is 258 Å². The molecule has 0 aromatic carbocycles. The van der Waals surface area contributed by atoms with Gasteiger partial charge in [0, 0.05) is 12.8 Å². The molecular weight excluding hydrogens is 791 g/mol. The Balaban J connectivity index is 4.72. The summed E-state index contributed by atoms with van der Waals surface area (Å²) in [6.07, 6.45) is 65.5. The topological polar surface area (TPSA) is 95.9 Å². The lowest BCUT2D eigenvalue weighted by Crippen LogP contribution is -2.46. The van der Waals surface area contributed by atoms with Crippen LogP contribution in [0.15, 0.2) is 72.9 Å². The fourth-order valence-electron chi connectivity index (χ4n) is 7.87. The maximum Gasteiger partial charge on any atom is 0.306 e. The Bertz CT molecular complexity index is 1190. The molecular formula is C58H103NO5. The van der Waals surface area contributed by atoms with Crippen molar-refractivity contribution in [3.05, 3.63) is 72.9 Å². The lowest BCUT2D eigenvalue weighted by molar-refractivity contribution is -0.150. The van der Waals surface area contributed by atoms with E-state index in [2.05, 4.69) is 92.9 Å². The van der Waals surface area contributed by atoms with Gasteiger partial charge in [-0.15, -0.1) is 0 Å². The molecule has 64 heavy (non-hydrogen) atoms. The molecule has 0 bridgehead atoms. The molecule has 0 saturated heterocycles. The van der Waals surface area contributed by atoms with Gasteiger partial charge in [-0.25, -0.2) is 0 Å². The normalized spacial score (nSPS) is 13.8. The van der Waals surface area contributed by atoms with Gasteiger partial charge in [0.15, 0.2) is 0 Å². The summed E-state index contributed by atoms with van der Waals surface area (Å²) >= 11 is 0. The zero-order valence-electron chi connectivity index (χ0n) is 42.1. The molecule has 0 fully saturated rings. The van der Waals surface area contributed by atoms with Crippen molar-refractivity contribution in [3.63, 3.8) is 0 Å². The van der Waals surface area contributed by atoms with Crippen LogP contribution in [0.2, 0.25) is 0 Å². The van der Waals surface area contributed by atoms with Gasteiger partial charge in [-0.2, -0.15) is 0 Å². The summed E-state index contributed by atoms with van der Waals surface area (Å²) in [6, 6.07) is -0.736. The van der Waals surface area contributed by atoms with Crippen molar-refractivity contribution in [1.29, 1.82) is 0 Å². The molecule has 0 aromatic rings. The Morgan fingerprint density at radius 2 is 0.875 bits per heavy atom. The summed E-state index contributed by atoms with van der Waals surface area (Å²) in [7, 11) is 0. The lowest BCUT2D eigenvalue weighted by atomic mass is 10.0. The first-order chi connectivity index (χ1) is 31.5. The molecule has 0 radical (unpaired) electrons. The van der Waals surface area contributed by atoms with E-state index >= 15 is 0 Å². The Kier molecular flexibility index (Phi) is 49.1. The minimum atomic E-state index is -0.816. The highest BCUT2D eigenvalue weighted by Crippen LogP contribution is 2.16. The third-order valence-electron chi connectivity index (χ3n) is 12.0. The molecule has 6 nitrogen and oxygen atoms in total. The number of unbranched alkanes of at least 4 members (excludes halogenated alkanes) is 26. The predicted molar refractivity (Wildman–Crippen MR) is 278 cm³/mol. The van der Waals surface area contributed by atoms with Crippen LogP contribution in [0.25, 0.3) is 0 Å². The predicted octanol–water partition coefficient (Wildman–Crippen LogP) is 16.6. The molecule has 1 amide bonds. The van der Waals surface area contributed by atoms with Gasteiger partial charge in [-0.05, 0) is 70.6 Å². The highest BCUT2D eigenvalue weighted by molar-refractivity contribution is 5.77. The van der Waals surface area contributed by atoms with Crippen molar-refractivity contribution >= 4 is 11.9 Å². The first-order valence-electron chi connectivity index (χ1n) is 27.2. The molecule has 0 aliphatic heterocycles. The first-order valence-corrected chi connectivity index (χ1v) is 27.2. The number of carbonyl (C=O) groups excluding carboxylic acids is 2. The lowest BCUT2D eigenvalue weighted by Gasteiger charge is -2.24. The molecule has 0 aliphatic carbocycles. The minimum Gasteiger partial charge on any atom is -0.461 e. The van der Waals surface area contributed by atoms with Crippen molar-refractivity contribution < 1.29 is 24.5 Å². The standard InChI is InChI=1S/C58H103NO5/c1-4-7-10-13-16-19-22-25-27-28-29-31-33-36-39-42-45-48-51-58(63)64-54(49-46-43-40-37-34-32-30-26-23-20-17-14-11-8-5-2)52-57(62)59-55(53-60)56(61)50-47-44-41-38-35-24-21-18-15-12-9-6-3/h17,20,26-31,34,37,43,46,54-56,60-61H,4-16,18-19,21-25,32-33,35-36,38-42,44-45,47-53H2,1-3H3,(H,59,62)/b20-17-,28-27+,30-26-,31-29+,37-34-,46-43-. The fourth-order valence-corrected chi connectivity index (χ4v) is 7.87. The largest absolute Gasteiger partial charge is 0.461 e. The molecule has 0 saturated carbocycles. The second-order valence-corrected chi connectivity index (χ2v) is 18.3. The zero-order chi connectivity index (χ0) is 46.7. The van der Waals surface area contributed by atoms with Crippen LogP contribution in [-0.2, 0) is 14.3 Å². The summed E-state index contributed by atoms with van der Waals surface area (Å²) in [5.41, 5.74) is 0. The van der Waals surface area contributed by atoms with Crippen LogP contribution in [0.5, 0.6) is 0 Å². The van der Waals surface area contributed by atoms with E-state index in [4.69, 9.17) is 4.74 Å². The second kappa shape index (κ2) is 51.3. The van der Waals surface area contributed by atoms with Gasteiger partial charge in [-0.3, -0.25) is 9.59 Å². The van der Waals surface area contributed by atoms with Gasteiger partial charge in [0.05, 0.1) is 25.2 Å². The number of rotatable bonds is 48. The Morgan fingerprint density at radius 1 is 0.484 bits per heavy atom. The molecule has 0 aromatic heterocycles. The van der Waals surface area contributed by atoms with Crippen LogP contribution >= 0.6 is 0 Å². The number of aliphatic hydroxyl groups excluding tert-OH is 2. The smallest absolute Gasteiger partial charge is 0.306 e. The first kappa shape index (κ1) is 61.3. The van der Waals surface area contributed by atoms with Gasteiger partial charge in [0.2, 0.25) is 5.91 Å². The molecule has 3 unspecified atom stereocenters. The Hall–Kier alpha value is -2.70. The van der Waals surface area contributed by atoms with E-state index < -0.39 is 18.2 Å². The maximum absolute atomic E-state index is 13.2. The molecule has 0 spiro atoms. The van der Waals surface area contributed by atoms with E-state index in [0.29, 0.717) is 19.3 Å². The average molecular weight is 894 g/mol. The molecule has 0 heterocycles. The van der Waals surface area contributed by atoms with Crippen LogP contribution in [0.3, 0.4) is 0 Å². The highest BCUT2D eigenvalue weighted by Gasteiger charge is 2.23. The summed E-state index contributed by atoms with van der Waals surface area (Å²) in [6.45, 7) is 6.42. The number of amides is 1. The van der Waals surface area contributed by atoms with Gasteiger partial charge < -0.3 is 20.3 Å². The van der Waals surface area contributed by atoms with E-state index in [1.807, 2.05) is 6.08 Å². The van der Waals surface area contributed by atoms with E-state index in [1.54, 1.807) is 0 Å². The number of allylic oxidation sites excluding steroid dienone is 11. The highest BCUT2D eigenvalue weighted by atomic mass is 16.5. The second-order valence-electron chi connectivity index (χ2n) is 18.3. The third kappa shape index (κ3) is 45.9. The van der Waals surface area contributed by atoms with E-state index in [-0.39, 0.29) is 24.9 Å². The van der Waals surface area contributed by atoms with Crippen molar-refractivity contribution in [2.75, 3.05) is 6.61 Å². The summed E-state index contributed by atoms with van der Waals surface area (Å²) in [4.78, 5) is 26.2. The number of nitrogens with one attached hydrogen (secondary N) is 1. The number of hydrogen-bond acceptors (Lipinski definition) is 5. The molecule has 370 valence electrons. The number of hydrogen-bond donors (Lipinski definition) is 3. The zero-order valence-corrected chi connectivity index (χ0v) is 42.1. The molecule has 6 heteroatoms. The quantitative estimate of drug-likeness (QED) is 0.0245. The van der Waals surface area contributed by atoms with Crippen LogP contribution in [0.4, 0.5) is 0 Å². The summed E-state index contributed by atoms with van der Waals surface area (Å²) in [5.74, 6) is -0.593. The Morgan fingerprint density at radius 3 is 1.38 bits per heavy atom. The van der Waals surface area contributed by atoms with Gasteiger partial charge >= 0.3 is 5.97 Å². The molecule has 3 atom stereocenters. The fraction of sp³-hybridized carbons (Fsp3) is 0.759. The molecule has 0 aliphatic rings. The van der Waals surface area contributed by atoms with Crippen molar-refractivity contribution in [1.82, 2.24) is 5.32 Å². The Labute approximate surface area is 396 Å². The van der Waals surface area contributed by atoms with Crippen molar-refractivity contribution in [2.45, 2.75) is 277 Å². The van der Waals surface area contributed by atoms with Crippen molar-refractivity contribution in [3.8, 4) is 0 Å². The maximum atomic E-state index is 13.2. The van der Waals surface area contributed by atoms with E-state index in [9.17, 15) is 19.8 Å². The number of aliphatic hydroxyl groups is 2. The van der Waals surface area contributed by atoms with Crippen LogP contribution < -0.4 is 5.32 Å². The third-order valence-corrected chi connectivity index (χ3v) is 12.0. The number of carbonyl (C=O) groups is 2. The average Bonchev–Trinajstić information content (AvgIpc) is 3.29. The van der Waals surface area contributed by atoms with Gasteiger partial charge in [0.1, 0.15) is 6.10 Å². The van der Waals surface area contributed by atoms with Crippen molar-refractivity contribution in [2.24, 2.45) is 0 Å². The summed E-state index contributed by atoms with van der Waals surface area (Å²) in [5, 5.41) is 23.7. The monoisotopic (exact) mass is 894 g/mol.